The van der Waals surface area contributed by atoms with Crippen molar-refractivity contribution in [2.24, 2.45) is 11.8 Å². The van der Waals surface area contributed by atoms with Crippen LogP contribution in [0.3, 0.4) is 0 Å². The molecule has 2 bridgehead atoms. The summed E-state index contributed by atoms with van der Waals surface area (Å²) in [6.07, 6.45) is 4.25. The molecular formula is C14H16F2O. The van der Waals surface area contributed by atoms with Gasteiger partial charge in [0.1, 0.15) is 0 Å². The SMILES string of the molecule is OC1(Cc2cccc(F)c2F)CC2CCC1C2. The minimum Gasteiger partial charge on any atom is -0.389 e. The molecular weight excluding hydrogens is 222 g/mol. The number of aliphatic hydroxyl groups is 1. The highest BCUT2D eigenvalue weighted by Gasteiger charge is 2.49. The van der Waals surface area contributed by atoms with Crippen LogP contribution in [0.4, 0.5) is 8.78 Å². The topological polar surface area (TPSA) is 20.2 Å². The number of rotatable bonds is 2. The first-order valence-corrected chi connectivity index (χ1v) is 6.24. The largest absolute Gasteiger partial charge is 0.389 e. The Labute approximate surface area is 99.5 Å². The predicted molar refractivity (Wildman–Crippen MR) is 60.5 cm³/mol. The molecule has 0 aromatic heterocycles. The van der Waals surface area contributed by atoms with Crippen molar-refractivity contribution in [1.29, 1.82) is 0 Å². The summed E-state index contributed by atoms with van der Waals surface area (Å²) >= 11 is 0. The maximum atomic E-state index is 13.6. The fourth-order valence-corrected chi connectivity index (χ4v) is 3.65. The molecule has 0 saturated heterocycles. The van der Waals surface area contributed by atoms with Crippen LogP contribution in [0.15, 0.2) is 18.2 Å². The highest BCUT2D eigenvalue weighted by Crippen LogP contribution is 2.52. The molecule has 0 heterocycles. The van der Waals surface area contributed by atoms with Crippen molar-refractivity contribution in [2.75, 3.05) is 0 Å². The van der Waals surface area contributed by atoms with Gasteiger partial charge in [-0.15, -0.1) is 0 Å². The molecule has 2 aliphatic carbocycles. The van der Waals surface area contributed by atoms with Gasteiger partial charge in [0.25, 0.3) is 0 Å². The van der Waals surface area contributed by atoms with Crippen LogP contribution in [0.2, 0.25) is 0 Å². The summed E-state index contributed by atoms with van der Waals surface area (Å²) in [5, 5.41) is 10.6. The number of hydrogen-bond donors (Lipinski definition) is 1. The molecule has 2 saturated carbocycles. The third-order valence-electron chi connectivity index (χ3n) is 4.47. The Kier molecular flexibility index (Phi) is 2.47. The van der Waals surface area contributed by atoms with Crippen LogP contribution in [0.25, 0.3) is 0 Å². The summed E-state index contributed by atoms with van der Waals surface area (Å²) in [6, 6.07) is 4.19. The number of fused-ring (bicyclic) bond motifs is 2. The normalized spacial score (nSPS) is 35.5. The molecule has 17 heavy (non-hydrogen) atoms. The molecule has 3 unspecified atom stereocenters. The minimum absolute atomic E-state index is 0.248. The Morgan fingerprint density at radius 3 is 2.76 bits per heavy atom. The van der Waals surface area contributed by atoms with Crippen molar-refractivity contribution in [2.45, 2.75) is 37.7 Å². The third kappa shape index (κ3) is 1.77. The van der Waals surface area contributed by atoms with Gasteiger partial charge in [-0.05, 0) is 49.1 Å². The van der Waals surface area contributed by atoms with Crippen LogP contribution < -0.4 is 0 Å². The zero-order valence-electron chi connectivity index (χ0n) is 9.63. The van der Waals surface area contributed by atoms with Gasteiger partial charge in [-0.1, -0.05) is 12.1 Å². The molecule has 0 spiro atoms. The molecule has 3 rings (SSSR count). The summed E-state index contributed by atoms with van der Waals surface area (Å²) in [6.45, 7) is 0. The van der Waals surface area contributed by atoms with Gasteiger partial charge >= 0.3 is 0 Å². The Morgan fingerprint density at radius 2 is 2.12 bits per heavy atom. The van der Waals surface area contributed by atoms with Gasteiger partial charge in [-0.2, -0.15) is 0 Å². The summed E-state index contributed by atoms with van der Waals surface area (Å²) < 4.78 is 26.7. The first-order chi connectivity index (χ1) is 8.08. The smallest absolute Gasteiger partial charge is 0.162 e. The van der Waals surface area contributed by atoms with Gasteiger partial charge in [0.15, 0.2) is 11.6 Å². The van der Waals surface area contributed by atoms with E-state index in [1.807, 2.05) is 0 Å². The summed E-state index contributed by atoms with van der Waals surface area (Å²) in [7, 11) is 0. The van der Waals surface area contributed by atoms with Gasteiger partial charge in [0, 0.05) is 6.42 Å². The molecule has 2 fully saturated rings. The van der Waals surface area contributed by atoms with Crippen molar-refractivity contribution >= 4 is 0 Å². The van der Waals surface area contributed by atoms with Gasteiger partial charge in [0.05, 0.1) is 5.60 Å². The van der Waals surface area contributed by atoms with E-state index in [4.69, 9.17) is 0 Å². The third-order valence-corrected chi connectivity index (χ3v) is 4.47. The van der Waals surface area contributed by atoms with Crippen molar-refractivity contribution in [1.82, 2.24) is 0 Å². The van der Waals surface area contributed by atoms with E-state index in [2.05, 4.69) is 0 Å². The van der Waals surface area contributed by atoms with Crippen LogP contribution in [-0.2, 0) is 6.42 Å². The van der Waals surface area contributed by atoms with Crippen LogP contribution in [0, 0.1) is 23.5 Å². The molecule has 1 aromatic carbocycles. The quantitative estimate of drug-likeness (QED) is 0.839. The van der Waals surface area contributed by atoms with E-state index in [9.17, 15) is 13.9 Å². The molecule has 0 aliphatic heterocycles. The standard InChI is InChI=1S/C14H16F2O/c15-12-3-1-2-10(13(12)16)8-14(17)7-9-4-5-11(14)6-9/h1-3,9,11,17H,4-8H2. The van der Waals surface area contributed by atoms with Crippen LogP contribution in [-0.4, -0.2) is 10.7 Å². The average Bonchev–Trinajstić information content (AvgIpc) is 2.84. The predicted octanol–water partition coefficient (Wildman–Crippen LogP) is 3.06. The number of benzene rings is 1. The van der Waals surface area contributed by atoms with E-state index in [-0.39, 0.29) is 12.3 Å². The molecule has 2 aliphatic rings. The van der Waals surface area contributed by atoms with E-state index in [0.717, 1.165) is 25.3 Å². The van der Waals surface area contributed by atoms with Gasteiger partial charge < -0.3 is 5.11 Å². The van der Waals surface area contributed by atoms with E-state index in [1.54, 1.807) is 6.07 Å². The zero-order chi connectivity index (χ0) is 12.0. The van der Waals surface area contributed by atoms with Gasteiger partial charge in [0.2, 0.25) is 0 Å². The second-order valence-electron chi connectivity index (χ2n) is 5.57. The molecule has 3 atom stereocenters. The maximum absolute atomic E-state index is 13.6. The molecule has 0 amide bonds. The molecule has 92 valence electrons. The van der Waals surface area contributed by atoms with Crippen molar-refractivity contribution in [3.8, 4) is 0 Å². The van der Waals surface area contributed by atoms with Crippen molar-refractivity contribution in [3.63, 3.8) is 0 Å². The number of halogens is 2. The average molecular weight is 238 g/mol. The first-order valence-electron chi connectivity index (χ1n) is 6.24. The van der Waals surface area contributed by atoms with Crippen LogP contribution in [0.1, 0.15) is 31.2 Å². The van der Waals surface area contributed by atoms with E-state index in [0.29, 0.717) is 11.5 Å². The summed E-state index contributed by atoms with van der Waals surface area (Å²) in [5.74, 6) is -0.769. The Bertz CT molecular complexity index is 446. The lowest BCUT2D eigenvalue weighted by molar-refractivity contribution is -0.0132. The highest BCUT2D eigenvalue weighted by atomic mass is 19.2. The monoisotopic (exact) mass is 238 g/mol. The molecule has 3 heteroatoms. The van der Waals surface area contributed by atoms with E-state index < -0.39 is 17.2 Å². The van der Waals surface area contributed by atoms with E-state index in [1.165, 1.54) is 12.5 Å². The molecule has 1 nitrogen and oxygen atoms in total. The lowest BCUT2D eigenvalue weighted by Crippen LogP contribution is -2.37. The van der Waals surface area contributed by atoms with Crippen LogP contribution >= 0.6 is 0 Å². The zero-order valence-corrected chi connectivity index (χ0v) is 9.63. The number of hydrogen-bond acceptors (Lipinski definition) is 1. The van der Waals surface area contributed by atoms with Crippen LogP contribution in [0.5, 0.6) is 0 Å². The fraction of sp³-hybridized carbons (Fsp3) is 0.571. The summed E-state index contributed by atoms with van der Waals surface area (Å²) in [5.41, 5.74) is -0.502. The molecule has 0 radical (unpaired) electrons. The lowest BCUT2D eigenvalue weighted by Gasteiger charge is -2.32. The Hall–Kier alpha value is -0.960. The molecule has 1 N–H and O–H groups in total. The highest BCUT2D eigenvalue weighted by molar-refractivity contribution is 5.22. The summed E-state index contributed by atoms with van der Waals surface area (Å²) in [4.78, 5) is 0. The minimum atomic E-state index is -0.825. The Balaban J connectivity index is 1.85. The molecule has 1 aromatic rings. The van der Waals surface area contributed by atoms with Crippen molar-refractivity contribution in [3.05, 3.63) is 35.4 Å². The second-order valence-corrected chi connectivity index (χ2v) is 5.57. The first kappa shape index (κ1) is 11.1. The van der Waals surface area contributed by atoms with Crippen molar-refractivity contribution < 1.29 is 13.9 Å². The maximum Gasteiger partial charge on any atom is 0.162 e. The second kappa shape index (κ2) is 3.77. The lowest BCUT2D eigenvalue weighted by atomic mass is 9.80. The fourth-order valence-electron chi connectivity index (χ4n) is 3.65. The van der Waals surface area contributed by atoms with E-state index >= 15 is 0 Å². The van der Waals surface area contributed by atoms with Gasteiger partial charge in [-0.25, -0.2) is 8.78 Å². The van der Waals surface area contributed by atoms with Gasteiger partial charge in [-0.3, -0.25) is 0 Å². The Morgan fingerprint density at radius 1 is 1.29 bits per heavy atom.